The predicted octanol–water partition coefficient (Wildman–Crippen LogP) is 1.64. The van der Waals surface area contributed by atoms with E-state index in [2.05, 4.69) is 28.4 Å². The third-order valence-electron chi connectivity index (χ3n) is 7.38. The molecule has 0 aromatic heterocycles. The number of carbonyl (C=O) groups is 2. The average Bonchev–Trinajstić information content (AvgIpc) is 3.54. The first-order valence-corrected chi connectivity index (χ1v) is 12.8. The molecule has 0 bridgehead atoms. The quantitative estimate of drug-likeness (QED) is 0.507. The first-order valence-electron chi connectivity index (χ1n) is 12.8. The standard InChI is InChI=1S/C28H36N6O3/c1-21-9-10-22(15-29)14-26(21)33(18-27(36)30-11-13-32-12-5-8-25(32)20-35)19-28(37)31(2)34-16-23-6-3-4-7-24(23)17-34/h3-4,6-7,9-10,14,25,35H,5,8,11-13,16-20H2,1-2H3,(H,30,36)/t25-/m1/s1. The number of aliphatic hydroxyl groups is 1. The molecule has 0 unspecified atom stereocenters. The summed E-state index contributed by atoms with van der Waals surface area (Å²) in [6.07, 6.45) is 2.03. The van der Waals surface area contributed by atoms with Crippen LogP contribution in [0, 0.1) is 18.3 Å². The third kappa shape index (κ3) is 6.46. The average molecular weight is 505 g/mol. The molecule has 0 spiro atoms. The van der Waals surface area contributed by atoms with Crippen LogP contribution in [-0.2, 0) is 22.7 Å². The van der Waals surface area contributed by atoms with Gasteiger partial charge in [0.2, 0.25) is 5.91 Å². The minimum Gasteiger partial charge on any atom is -0.395 e. The Morgan fingerprint density at radius 3 is 2.57 bits per heavy atom. The smallest absolute Gasteiger partial charge is 0.256 e. The number of aryl methyl sites for hydroxylation is 1. The van der Waals surface area contributed by atoms with Crippen LogP contribution in [-0.4, -0.2) is 84.3 Å². The van der Waals surface area contributed by atoms with Crippen molar-refractivity contribution in [3.8, 4) is 6.07 Å². The Balaban J connectivity index is 1.42. The first kappa shape index (κ1) is 26.6. The number of aliphatic hydroxyl groups excluding tert-OH is 1. The molecule has 2 aliphatic rings. The first-order chi connectivity index (χ1) is 17.9. The number of hydrazine groups is 1. The van der Waals surface area contributed by atoms with Crippen molar-refractivity contribution in [2.24, 2.45) is 0 Å². The Bertz CT molecular complexity index is 1140. The van der Waals surface area contributed by atoms with Gasteiger partial charge in [0.15, 0.2) is 0 Å². The van der Waals surface area contributed by atoms with Crippen LogP contribution in [0.25, 0.3) is 0 Å². The molecule has 9 heteroatoms. The second-order valence-electron chi connectivity index (χ2n) is 9.84. The van der Waals surface area contributed by atoms with Crippen molar-refractivity contribution < 1.29 is 14.7 Å². The van der Waals surface area contributed by atoms with Crippen LogP contribution >= 0.6 is 0 Å². The van der Waals surface area contributed by atoms with Crippen molar-refractivity contribution in [3.63, 3.8) is 0 Å². The largest absolute Gasteiger partial charge is 0.395 e. The number of rotatable bonds is 10. The van der Waals surface area contributed by atoms with Crippen LogP contribution in [0.3, 0.4) is 0 Å². The topological polar surface area (TPSA) is 103 Å². The molecule has 9 nitrogen and oxygen atoms in total. The van der Waals surface area contributed by atoms with E-state index in [4.69, 9.17) is 0 Å². The van der Waals surface area contributed by atoms with Crippen molar-refractivity contribution in [1.82, 2.24) is 20.2 Å². The van der Waals surface area contributed by atoms with E-state index >= 15 is 0 Å². The highest BCUT2D eigenvalue weighted by Gasteiger charge is 2.27. The maximum atomic E-state index is 13.4. The number of nitriles is 1. The zero-order chi connectivity index (χ0) is 26.4. The molecule has 1 atom stereocenters. The molecular weight excluding hydrogens is 468 g/mol. The molecule has 2 aliphatic heterocycles. The van der Waals surface area contributed by atoms with Crippen LogP contribution in [0.4, 0.5) is 5.69 Å². The van der Waals surface area contributed by atoms with Gasteiger partial charge in [-0.2, -0.15) is 5.26 Å². The van der Waals surface area contributed by atoms with Crippen molar-refractivity contribution in [2.45, 2.75) is 38.9 Å². The maximum absolute atomic E-state index is 13.4. The minimum atomic E-state index is -0.189. The lowest BCUT2D eigenvalue weighted by Gasteiger charge is -2.32. The van der Waals surface area contributed by atoms with Gasteiger partial charge in [-0.3, -0.25) is 19.5 Å². The number of fused-ring (bicyclic) bond motifs is 1. The summed E-state index contributed by atoms with van der Waals surface area (Å²) in [6.45, 7) is 5.44. The minimum absolute atomic E-state index is 0.00104. The summed E-state index contributed by atoms with van der Waals surface area (Å²) in [5.41, 5.74) is 4.47. The van der Waals surface area contributed by atoms with Crippen LogP contribution in [0.15, 0.2) is 42.5 Å². The summed E-state index contributed by atoms with van der Waals surface area (Å²) in [5, 5.41) is 25.5. The van der Waals surface area contributed by atoms with Gasteiger partial charge in [0.1, 0.15) is 0 Å². The summed E-state index contributed by atoms with van der Waals surface area (Å²) in [6, 6.07) is 15.8. The van der Waals surface area contributed by atoms with Gasteiger partial charge in [-0.1, -0.05) is 30.3 Å². The lowest BCUT2D eigenvalue weighted by Crippen LogP contribution is -2.48. The number of nitrogens with one attached hydrogen (secondary N) is 1. The fourth-order valence-electron chi connectivity index (χ4n) is 5.16. The number of amides is 2. The van der Waals surface area contributed by atoms with Gasteiger partial charge in [-0.15, -0.1) is 0 Å². The Morgan fingerprint density at radius 2 is 1.89 bits per heavy atom. The van der Waals surface area contributed by atoms with Gasteiger partial charge in [0, 0.05) is 45.0 Å². The Morgan fingerprint density at radius 1 is 1.16 bits per heavy atom. The molecule has 196 valence electrons. The number of benzene rings is 2. The predicted molar refractivity (Wildman–Crippen MR) is 141 cm³/mol. The van der Waals surface area contributed by atoms with E-state index in [1.165, 1.54) is 11.1 Å². The monoisotopic (exact) mass is 504 g/mol. The van der Waals surface area contributed by atoms with E-state index in [1.54, 1.807) is 29.1 Å². The molecule has 0 radical (unpaired) electrons. The second-order valence-corrected chi connectivity index (χ2v) is 9.84. The van der Waals surface area contributed by atoms with Crippen LogP contribution in [0.5, 0.6) is 0 Å². The molecule has 2 aromatic carbocycles. The molecule has 2 N–H and O–H groups in total. The fraction of sp³-hybridized carbons (Fsp3) is 0.464. The van der Waals surface area contributed by atoms with E-state index < -0.39 is 0 Å². The molecule has 37 heavy (non-hydrogen) atoms. The molecule has 2 aromatic rings. The molecule has 1 fully saturated rings. The van der Waals surface area contributed by atoms with E-state index in [0.29, 0.717) is 37.4 Å². The number of hydrogen-bond donors (Lipinski definition) is 2. The molecule has 2 amide bonds. The Kier molecular flexibility index (Phi) is 8.77. The van der Waals surface area contributed by atoms with Crippen LogP contribution in [0.1, 0.15) is 35.1 Å². The highest BCUT2D eigenvalue weighted by molar-refractivity contribution is 5.86. The SMILES string of the molecule is Cc1ccc(C#N)cc1N(CC(=O)NCCN1CCC[C@@H]1CO)CC(=O)N(C)N1Cc2ccccc2C1. The lowest BCUT2D eigenvalue weighted by atomic mass is 10.1. The zero-order valence-corrected chi connectivity index (χ0v) is 21.7. The van der Waals surface area contributed by atoms with E-state index in [-0.39, 0.29) is 37.6 Å². The van der Waals surface area contributed by atoms with E-state index in [0.717, 1.165) is 24.9 Å². The van der Waals surface area contributed by atoms with E-state index in [1.807, 2.05) is 30.1 Å². The number of likely N-dealkylation sites (tertiary alicyclic amines) is 1. The van der Waals surface area contributed by atoms with Crippen molar-refractivity contribution in [2.75, 3.05) is 51.3 Å². The summed E-state index contributed by atoms with van der Waals surface area (Å²) >= 11 is 0. The van der Waals surface area contributed by atoms with Gasteiger partial charge in [-0.25, -0.2) is 5.01 Å². The van der Waals surface area contributed by atoms with Crippen molar-refractivity contribution >= 4 is 17.5 Å². The highest BCUT2D eigenvalue weighted by Crippen LogP contribution is 2.25. The molecule has 1 saturated heterocycles. The molecule has 2 heterocycles. The molecule has 0 saturated carbocycles. The van der Waals surface area contributed by atoms with Crippen LogP contribution in [0.2, 0.25) is 0 Å². The van der Waals surface area contributed by atoms with Crippen molar-refractivity contribution in [3.05, 3.63) is 64.7 Å². The second kappa shape index (κ2) is 12.2. The third-order valence-corrected chi connectivity index (χ3v) is 7.38. The van der Waals surface area contributed by atoms with Gasteiger partial charge < -0.3 is 15.3 Å². The number of carbonyl (C=O) groups excluding carboxylic acids is 2. The maximum Gasteiger partial charge on any atom is 0.256 e. The van der Waals surface area contributed by atoms with Gasteiger partial charge >= 0.3 is 0 Å². The number of anilines is 1. The summed E-state index contributed by atoms with van der Waals surface area (Å²) < 4.78 is 0. The Labute approximate surface area is 218 Å². The van der Waals surface area contributed by atoms with Gasteiger partial charge in [0.25, 0.3) is 5.91 Å². The number of hydrogen-bond acceptors (Lipinski definition) is 7. The van der Waals surface area contributed by atoms with Gasteiger partial charge in [0.05, 0.1) is 31.3 Å². The van der Waals surface area contributed by atoms with Crippen LogP contribution < -0.4 is 10.2 Å². The molecule has 4 rings (SSSR count). The van der Waals surface area contributed by atoms with Crippen molar-refractivity contribution in [1.29, 1.82) is 5.26 Å². The summed E-state index contributed by atoms with van der Waals surface area (Å²) in [7, 11) is 1.76. The number of nitrogens with zero attached hydrogens (tertiary/aromatic N) is 5. The fourth-order valence-corrected chi connectivity index (χ4v) is 5.16. The van der Waals surface area contributed by atoms with Gasteiger partial charge in [-0.05, 0) is 55.1 Å². The lowest BCUT2D eigenvalue weighted by molar-refractivity contribution is -0.145. The highest BCUT2D eigenvalue weighted by atomic mass is 16.3. The number of likely N-dealkylation sites (N-methyl/N-ethyl adjacent to an activating group) is 1. The summed E-state index contributed by atoms with van der Waals surface area (Å²) in [4.78, 5) is 30.3. The molecular formula is C28H36N6O3. The zero-order valence-electron chi connectivity index (χ0n) is 21.7. The molecule has 0 aliphatic carbocycles. The summed E-state index contributed by atoms with van der Waals surface area (Å²) in [5.74, 6) is -0.323. The van der Waals surface area contributed by atoms with E-state index in [9.17, 15) is 20.0 Å². The Hall–Kier alpha value is -3.45. The normalized spacial score (nSPS) is 17.3.